The lowest BCUT2D eigenvalue weighted by atomic mass is 10.2. The van der Waals surface area contributed by atoms with E-state index in [1.54, 1.807) is 38.2 Å². The summed E-state index contributed by atoms with van der Waals surface area (Å²) in [5.74, 6) is -0.285. The van der Waals surface area contributed by atoms with Crippen molar-refractivity contribution in [2.45, 2.75) is 19.4 Å². The fourth-order valence-corrected chi connectivity index (χ4v) is 1.68. The molecule has 0 fully saturated rings. The number of amides is 1. The van der Waals surface area contributed by atoms with Crippen molar-refractivity contribution in [1.82, 2.24) is 4.90 Å². The van der Waals surface area contributed by atoms with Crippen molar-refractivity contribution in [3.63, 3.8) is 0 Å². The molecule has 0 saturated carbocycles. The number of rotatable bonds is 6. The number of benzene rings is 1. The fraction of sp³-hybridized carbons (Fsp3) is 0.400. The van der Waals surface area contributed by atoms with Crippen LogP contribution < -0.4 is 4.74 Å². The minimum atomic E-state index is -0.748. The molecule has 6 nitrogen and oxygen atoms in total. The standard InChI is InChI=1S/C15H18N2O4/c1-11(15(19)17(2)9-8-14(18)20-3)21-13-7-5-4-6-12(13)10-16/h4-7,11H,8-9H2,1-3H3. The molecule has 0 spiro atoms. The summed E-state index contributed by atoms with van der Waals surface area (Å²) in [5.41, 5.74) is 0.370. The highest BCUT2D eigenvalue weighted by molar-refractivity contribution is 5.81. The number of hydrogen-bond donors (Lipinski definition) is 0. The largest absolute Gasteiger partial charge is 0.480 e. The SMILES string of the molecule is COC(=O)CCN(C)C(=O)C(C)Oc1ccccc1C#N. The first-order chi connectivity index (χ1) is 9.99. The average molecular weight is 290 g/mol. The van der Waals surface area contributed by atoms with E-state index in [0.29, 0.717) is 11.3 Å². The summed E-state index contributed by atoms with van der Waals surface area (Å²) < 4.78 is 10.0. The first kappa shape index (κ1) is 16.5. The van der Waals surface area contributed by atoms with E-state index < -0.39 is 6.10 Å². The molecule has 0 saturated heterocycles. The molecule has 0 heterocycles. The second-order valence-electron chi connectivity index (χ2n) is 4.45. The van der Waals surface area contributed by atoms with Gasteiger partial charge in [0.25, 0.3) is 5.91 Å². The van der Waals surface area contributed by atoms with Gasteiger partial charge in [-0.1, -0.05) is 12.1 Å². The second-order valence-corrected chi connectivity index (χ2v) is 4.45. The molecule has 0 aliphatic carbocycles. The normalized spacial score (nSPS) is 11.1. The molecule has 1 unspecified atom stereocenters. The number of nitriles is 1. The third-order valence-corrected chi connectivity index (χ3v) is 2.91. The smallest absolute Gasteiger partial charge is 0.307 e. The molecule has 1 atom stereocenters. The molecule has 1 amide bonds. The lowest BCUT2D eigenvalue weighted by Crippen LogP contribution is -2.39. The Morgan fingerprint density at radius 1 is 1.38 bits per heavy atom. The summed E-state index contributed by atoms with van der Waals surface area (Å²) in [4.78, 5) is 24.6. The van der Waals surface area contributed by atoms with E-state index in [9.17, 15) is 9.59 Å². The maximum atomic E-state index is 12.1. The van der Waals surface area contributed by atoms with Gasteiger partial charge in [0.05, 0.1) is 19.1 Å². The number of esters is 1. The van der Waals surface area contributed by atoms with Crippen molar-refractivity contribution < 1.29 is 19.1 Å². The van der Waals surface area contributed by atoms with Crippen LogP contribution in [0.3, 0.4) is 0 Å². The number of carbonyl (C=O) groups excluding carboxylic acids is 2. The van der Waals surface area contributed by atoms with Crippen LogP contribution in [-0.4, -0.2) is 43.6 Å². The quantitative estimate of drug-likeness (QED) is 0.739. The minimum absolute atomic E-state index is 0.125. The molecule has 0 bridgehead atoms. The van der Waals surface area contributed by atoms with Gasteiger partial charge in [-0.15, -0.1) is 0 Å². The minimum Gasteiger partial charge on any atom is -0.480 e. The van der Waals surface area contributed by atoms with E-state index in [2.05, 4.69) is 4.74 Å². The van der Waals surface area contributed by atoms with Crippen molar-refractivity contribution >= 4 is 11.9 Å². The lowest BCUT2D eigenvalue weighted by Gasteiger charge is -2.22. The van der Waals surface area contributed by atoms with Gasteiger partial charge in [-0.2, -0.15) is 5.26 Å². The Kier molecular flexibility index (Phi) is 6.21. The summed E-state index contributed by atoms with van der Waals surface area (Å²) in [5, 5.41) is 8.97. The van der Waals surface area contributed by atoms with E-state index in [1.165, 1.54) is 12.0 Å². The summed E-state index contributed by atoms with van der Waals surface area (Å²) in [6.07, 6.45) is -0.623. The Hall–Kier alpha value is -2.55. The molecular formula is C15H18N2O4. The maximum absolute atomic E-state index is 12.1. The molecule has 0 N–H and O–H groups in total. The molecule has 1 aromatic rings. The highest BCUT2D eigenvalue weighted by Gasteiger charge is 2.20. The third-order valence-electron chi connectivity index (χ3n) is 2.91. The Labute approximate surface area is 123 Å². The van der Waals surface area contributed by atoms with Crippen molar-refractivity contribution in [3.05, 3.63) is 29.8 Å². The lowest BCUT2D eigenvalue weighted by molar-refractivity contribution is -0.142. The highest BCUT2D eigenvalue weighted by Crippen LogP contribution is 2.18. The summed E-state index contributed by atoms with van der Waals surface area (Å²) in [7, 11) is 2.88. The van der Waals surface area contributed by atoms with Gasteiger partial charge < -0.3 is 14.4 Å². The zero-order valence-electron chi connectivity index (χ0n) is 12.3. The van der Waals surface area contributed by atoms with Crippen LogP contribution in [0.15, 0.2) is 24.3 Å². The van der Waals surface area contributed by atoms with E-state index >= 15 is 0 Å². The van der Waals surface area contributed by atoms with Gasteiger partial charge in [0, 0.05) is 13.6 Å². The summed E-state index contributed by atoms with van der Waals surface area (Å²) >= 11 is 0. The van der Waals surface area contributed by atoms with Gasteiger partial charge >= 0.3 is 5.97 Å². The van der Waals surface area contributed by atoms with E-state index in [4.69, 9.17) is 10.00 Å². The van der Waals surface area contributed by atoms with Crippen molar-refractivity contribution in [1.29, 1.82) is 5.26 Å². The molecule has 112 valence electrons. The van der Waals surface area contributed by atoms with Gasteiger partial charge in [-0.3, -0.25) is 9.59 Å². The van der Waals surface area contributed by atoms with Crippen LogP contribution in [0.4, 0.5) is 0 Å². The topological polar surface area (TPSA) is 79.6 Å². The number of para-hydroxylation sites is 1. The van der Waals surface area contributed by atoms with Crippen LogP contribution in [0.1, 0.15) is 18.9 Å². The summed E-state index contributed by atoms with van der Waals surface area (Å²) in [6.45, 7) is 1.85. The molecular weight excluding hydrogens is 272 g/mol. The van der Waals surface area contributed by atoms with Crippen molar-refractivity contribution in [2.24, 2.45) is 0 Å². The van der Waals surface area contributed by atoms with Gasteiger partial charge in [0.1, 0.15) is 11.8 Å². The number of carbonyl (C=O) groups is 2. The van der Waals surface area contributed by atoms with Gasteiger partial charge in [-0.05, 0) is 19.1 Å². The Morgan fingerprint density at radius 2 is 2.05 bits per heavy atom. The van der Waals surface area contributed by atoms with Gasteiger partial charge in [0.2, 0.25) is 0 Å². The van der Waals surface area contributed by atoms with Crippen LogP contribution in [-0.2, 0) is 14.3 Å². The average Bonchev–Trinajstić information content (AvgIpc) is 2.51. The van der Waals surface area contributed by atoms with Crippen LogP contribution in [0.5, 0.6) is 5.75 Å². The van der Waals surface area contributed by atoms with E-state index in [0.717, 1.165) is 0 Å². The first-order valence-electron chi connectivity index (χ1n) is 6.47. The van der Waals surface area contributed by atoms with Gasteiger partial charge in [0.15, 0.2) is 6.10 Å². The number of methoxy groups -OCH3 is 1. The van der Waals surface area contributed by atoms with E-state index in [1.807, 2.05) is 6.07 Å². The maximum Gasteiger partial charge on any atom is 0.307 e. The second kappa shape index (κ2) is 7.90. The van der Waals surface area contributed by atoms with Crippen LogP contribution in [0.25, 0.3) is 0 Å². The molecule has 0 radical (unpaired) electrons. The Balaban J connectivity index is 2.62. The van der Waals surface area contributed by atoms with Crippen LogP contribution in [0.2, 0.25) is 0 Å². The molecule has 21 heavy (non-hydrogen) atoms. The number of nitrogens with zero attached hydrogens (tertiary/aromatic N) is 2. The molecule has 1 aromatic carbocycles. The molecule has 6 heteroatoms. The monoisotopic (exact) mass is 290 g/mol. The number of likely N-dealkylation sites (N-methyl/N-ethyl adjacent to an activating group) is 1. The van der Waals surface area contributed by atoms with Crippen molar-refractivity contribution in [3.8, 4) is 11.8 Å². The van der Waals surface area contributed by atoms with Crippen molar-refractivity contribution in [2.75, 3.05) is 20.7 Å². The van der Waals surface area contributed by atoms with Gasteiger partial charge in [-0.25, -0.2) is 0 Å². The van der Waals surface area contributed by atoms with Crippen LogP contribution >= 0.6 is 0 Å². The fourth-order valence-electron chi connectivity index (χ4n) is 1.68. The Bertz CT molecular complexity index is 551. The molecule has 0 aromatic heterocycles. The molecule has 0 aliphatic heterocycles. The van der Waals surface area contributed by atoms with Crippen LogP contribution in [0, 0.1) is 11.3 Å². The summed E-state index contributed by atoms with van der Waals surface area (Å²) in [6, 6.07) is 8.71. The number of hydrogen-bond acceptors (Lipinski definition) is 5. The van der Waals surface area contributed by atoms with E-state index in [-0.39, 0.29) is 24.8 Å². The molecule has 0 aliphatic rings. The first-order valence-corrected chi connectivity index (χ1v) is 6.47. The zero-order valence-corrected chi connectivity index (χ0v) is 12.3. The Morgan fingerprint density at radius 3 is 2.67 bits per heavy atom. The zero-order chi connectivity index (χ0) is 15.8. The highest BCUT2D eigenvalue weighted by atomic mass is 16.5. The number of ether oxygens (including phenoxy) is 2. The third kappa shape index (κ3) is 4.80. The molecule has 1 rings (SSSR count). The predicted molar refractivity (Wildman–Crippen MR) is 75.5 cm³/mol. The predicted octanol–water partition coefficient (Wildman–Crippen LogP) is 1.35.